The van der Waals surface area contributed by atoms with E-state index in [0.717, 1.165) is 38.8 Å². The number of likely N-dealkylation sites (tertiary alicyclic amines) is 1. The molecular weight excluding hydrogens is 216 g/mol. The Morgan fingerprint density at radius 1 is 1.12 bits per heavy atom. The van der Waals surface area contributed by atoms with Crippen molar-refractivity contribution in [2.75, 3.05) is 19.6 Å². The lowest BCUT2D eigenvalue weighted by molar-refractivity contribution is -0.123. The second-order valence-electron chi connectivity index (χ2n) is 5.41. The number of carbonyl (C=O) groups is 1. The molecule has 0 aromatic carbocycles. The van der Waals surface area contributed by atoms with Gasteiger partial charge in [-0.05, 0) is 25.7 Å². The summed E-state index contributed by atoms with van der Waals surface area (Å²) in [4.78, 5) is 14.0. The van der Waals surface area contributed by atoms with Gasteiger partial charge in [0.1, 0.15) is 0 Å². The number of piperidine rings is 1. The molecule has 1 amide bonds. The highest BCUT2D eigenvalue weighted by Gasteiger charge is 2.21. The maximum atomic E-state index is 11.8. The standard InChI is InChI=1S/C13H24N2O2/c16-12-6-8-15(9-7-12)10-13(17)14-11-4-2-1-3-5-11/h11-12,16H,1-10H2,(H,14,17). The zero-order valence-corrected chi connectivity index (χ0v) is 10.5. The zero-order valence-electron chi connectivity index (χ0n) is 10.5. The number of carbonyl (C=O) groups excluding carboxylic acids is 1. The summed E-state index contributed by atoms with van der Waals surface area (Å²) in [5.41, 5.74) is 0. The maximum absolute atomic E-state index is 11.8. The van der Waals surface area contributed by atoms with Gasteiger partial charge in [-0.3, -0.25) is 9.69 Å². The molecule has 4 heteroatoms. The van der Waals surface area contributed by atoms with E-state index in [1.54, 1.807) is 0 Å². The molecule has 0 bridgehead atoms. The number of hydrogen-bond acceptors (Lipinski definition) is 3. The highest BCUT2D eigenvalue weighted by Crippen LogP contribution is 2.17. The molecule has 17 heavy (non-hydrogen) atoms. The van der Waals surface area contributed by atoms with Crippen LogP contribution in [0.2, 0.25) is 0 Å². The van der Waals surface area contributed by atoms with E-state index in [-0.39, 0.29) is 12.0 Å². The van der Waals surface area contributed by atoms with Crippen LogP contribution in [0, 0.1) is 0 Å². The molecule has 1 aliphatic heterocycles. The third-order valence-corrected chi connectivity index (χ3v) is 3.89. The van der Waals surface area contributed by atoms with Crippen molar-refractivity contribution < 1.29 is 9.90 Å². The molecule has 0 atom stereocenters. The van der Waals surface area contributed by atoms with Crippen LogP contribution in [0.1, 0.15) is 44.9 Å². The van der Waals surface area contributed by atoms with Crippen LogP contribution in [-0.4, -0.2) is 47.7 Å². The summed E-state index contributed by atoms with van der Waals surface area (Å²) in [7, 11) is 0. The average molecular weight is 240 g/mol. The zero-order chi connectivity index (χ0) is 12.1. The van der Waals surface area contributed by atoms with E-state index >= 15 is 0 Å². The summed E-state index contributed by atoms with van der Waals surface area (Å²) in [5, 5.41) is 12.5. The van der Waals surface area contributed by atoms with Gasteiger partial charge in [0.25, 0.3) is 0 Å². The first-order valence-electron chi connectivity index (χ1n) is 6.94. The molecule has 1 saturated carbocycles. The van der Waals surface area contributed by atoms with Crippen LogP contribution in [0.15, 0.2) is 0 Å². The second-order valence-corrected chi connectivity index (χ2v) is 5.41. The molecule has 2 fully saturated rings. The van der Waals surface area contributed by atoms with E-state index in [4.69, 9.17) is 0 Å². The topological polar surface area (TPSA) is 52.6 Å². The first-order chi connectivity index (χ1) is 8.24. The quantitative estimate of drug-likeness (QED) is 0.770. The van der Waals surface area contributed by atoms with Crippen molar-refractivity contribution in [2.45, 2.75) is 57.1 Å². The summed E-state index contributed by atoms with van der Waals surface area (Å²) >= 11 is 0. The van der Waals surface area contributed by atoms with Crippen molar-refractivity contribution in [2.24, 2.45) is 0 Å². The van der Waals surface area contributed by atoms with Gasteiger partial charge >= 0.3 is 0 Å². The molecule has 2 rings (SSSR count). The van der Waals surface area contributed by atoms with E-state index in [0.29, 0.717) is 12.6 Å². The normalized spacial score (nSPS) is 24.8. The van der Waals surface area contributed by atoms with E-state index < -0.39 is 0 Å². The van der Waals surface area contributed by atoms with Gasteiger partial charge in [0.2, 0.25) is 5.91 Å². The lowest BCUT2D eigenvalue weighted by Crippen LogP contribution is -2.45. The number of aliphatic hydroxyl groups is 1. The van der Waals surface area contributed by atoms with Gasteiger partial charge in [-0.1, -0.05) is 19.3 Å². The molecule has 4 nitrogen and oxygen atoms in total. The third kappa shape index (κ3) is 4.28. The Labute approximate surface area is 103 Å². The fraction of sp³-hybridized carbons (Fsp3) is 0.923. The van der Waals surface area contributed by atoms with Crippen LogP contribution in [-0.2, 0) is 4.79 Å². The van der Waals surface area contributed by atoms with Crippen LogP contribution in [0.25, 0.3) is 0 Å². The van der Waals surface area contributed by atoms with E-state index in [2.05, 4.69) is 10.2 Å². The van der Waals surface area contributed by atoms with Gasteiger partial charge < -0.3 is 10.4 Å². The molecule has 0 aromatic rings. The smallest absolute Gasteiger partial charge is 0.234 e. The Bertz CT molecular complexity index is 244. The first kappa shape index (κ1) is 12.8. The minimum atomic E-state index is -0.160. The molecule has 0 unspecified atom stereocenters. The van der Waals surface area contributed by atoms with Crippen LogP contribution in [0.4, 0.5) is 0 Å². The maximum Gasteiger partial charge on any atom is 0.234 e. The second kappa shape index (κ2) is 6.36. The molecular formula is C13H24N2O2. The third-order valence-electron chi connectivity index (χ3n) is 3.89. The molecule has 0 aromatic heterocycles. The van der Waals surface area contributed by atoms with E-state index in [9.17, 15) is 9.90 Å². The molecule has 2 aliphatic rings. The highest BCUT2D eigenvalue weighted by atomic mass is 16.3. The van der Waals surface area contributed by atoms with Gasteiger partial charge in [0.05, 0.1) is 12.6 Å². The lowest BCUT2D eigenvalue weighted by atomic mass is 9.95. The molecule has 0 radical (unpaired) electrons. The van der Waals surface area contributed by atoms with Crippen LogP contribution in [0.3, 0.4) is 0 Å². The van der Waals surface area contributed by atoms with Crippen molar-refractivity contribution in [1.29, 1.82) is 0 Å². The van der Waals surface area contributed by atoms with Gasteiger partial charge in [0, 0.05) is 19.1 Å². The predicted molar refractivity (Wildman–Crippen MR) is 66.7 cm³/mol. The Hall–Kier alpha value is -0.610. The lowest BCUT2D eigenvalue weighted by Gasteiger charge is -2.30. The molecule has 1 aliphatic carbocycles. The van der Waals surface area contributed by atoms with Gasteiger partial charge in [-0.2, -0.15) is 0 Å². The van der Waals surface area contributed by atoms with Crippen LogP contribution < -0.4 is 5.32 Å². The monoisotopic (exact) mass is 240 g/mol. The van der Waals surface area contributed by atoms with Crippen molar-refractivity contribution in [3.63, 3.8) is 0 Å². The summed E-state index contributed by atoms with van der Waals surface area (Å²) < 4.78 is 0. The van der Waals surface area contributed by atoms with Crippen molar-refractivity contribution >= 4 is 5.91 Å². The van der Waals surface area contributed by atoms with E-state index in [1.165, 1.54) is 19.3 Å². The molecule has 1 heterocycles. The Morgan fingerprint density at radius 2 is 1.76 bits per heavy atom. The predicted octanol–water partition coefficient (Wildman–Crippen LogP) is 0.892. The van der Waals surface area contributed by atoms with Crippen LogP contribution >= 0.6 is 0 Å². The largest absolute Gasteiger partial charge is 0.393 e. The minimum Gasteiger partial charge on any atom is -0.393 e. The van der Waals surface area contributed by atoms with Gasteiger partial charge in [0.15, 0.2) is 0 Å². The summed E-state index contributed by atoms with van der Waals surface area (Å²) in [6.45, 7) is 2.20. The molecule has 0 spiro atoms. The Morgan fingerprint density at radius 3 is 2.41 bits per heavy atom. The number of hydrogen-bond donors (Lipinski definition) is 2. The molecule has 2 N–H and O–H groups in total. The minimum absolute atomic E-state index is 0.160. The van der Waals surface area contributed by atoms with Gasteiger partial charge in [-0.25, -0.2) is 0 Å². The van der Waals surface area contributed by atoms with Gasteiger partial charge in [-0.15, -0.1) is 0 Å². The Kier molecular flexibility index (Phi) is 4.80. The number of aliphatic hydroxyl groups excluding tert-OH is 1. The Balaban J connectivity index is 1.66. The summed E-state index contributed by atoms with van der Waals surface area (Å²) in [6, 6.07) is 0.409. The molecule has 1 saturated heterocycles. The SMILES string of the molecule is O=C(CN1CCC(O)CC1)NC1CCCCC1. The molecule has 98 valence electrons. The summed E-state index contributed by atoms with van der Waals surface area (Å²) in [6.07, 6.45) is 7.55. The summed E-state index contributed by atoms with van der Waals surface area (Å²) in [5.74, 6) is 0.160. The number of rotatable bonds is 3. The van der Waals surface area contributed by atoms with Crippen LogP contribution in [0.5, 0.6) is 0 Å². The van der Waals surface area contributed by atoms with Crippen molar-refractivity contribution in [3.05, 3.63) is 0 Å². The fourth-order valence-corrected chi connectivity index (χ4v) is 2.80. The number of nitrogens with one attached hydrogen (secondary N) is 1. The van der Waals surface area contributed by atoms with Crippen molar-refractivity contribution in [3.8, 4) is 0 Å². The number of nitrogens with zero attached hydrogens (tertiary/aromatic N) is 1. The van der Waals surface area contributed by atoms with Crippen molar-refractivity contribution in [1.82, 2.24) is 10.2 Å². The van der Waals surface area contributed by atoms with E-state index in [1.807, 2.05) is 0 Å². The first-order valence-corrected chi connectivity index (χ1v) is 6.94. The number of amides is 1. The fourth-order valence-electron chi connectivity index (χ4n) is 2.80. The highest BCUT2D eigenvalue weighted by molar-refractivity contribution is 5.78. The average Bonchev–Trinajstić information content (AvgIpc) is 2.33.